The number of hydrogen-bond donors (Lipinski definition) is 2. The first-order valence-corrected chi connectivity index (χ1v) is 8.21. The normalized spacial score (nSPS) is 17.5. The van der Waals surface area contributed by atoms with E-state index >= 15 is 0 Å². The minimum atomic E-state index is -4.39. The van der Waals surface area contributed by atoms with Crippen LogP contribution in [0.15, 0.2) is 48.5 Å². The molecule has 0 aliphatic carbocycles. The monoisotopic (exact) mass is 362 g/mol. The fourth-order valence-electron chi connectivity index (χ4n) is 2.84. The van der Waals surface area contributed by atoms with E-state index in [1.54, 1.807) is 24.3 Å². The molecule has 2 aromatic carbocycles. The molecule has 3 rings (SSSR count). The molecule has 1 saturated heterocycles. The van der Waals surface area contributed by atoms with Crippen LogP contribution in [0.5, 0.6) is 0 Å². The van der Waals surface area contributed by atoms with Gasteiger partial charge in [-0.25, -0.2) is 0 Å². The summed E-state index contributed by atoms with van der Waals surface area (Å²) in [6, 6.07) is 10.8. The van der Waals surface area contributed by atoms with Gasteiger partial charge in [-0.3, -0.25) is 9.59 Å². The maximum atomic E-state index is 12.7. The average Bonchev–Trinajstić information content (AvgIpc) is 2.63. The smallest absolute Gasteiger partial charge is 0.354 e. The summed E-state index contributed by atoms with van der Waals surface area (Å²) in [5, 5.41) is 5.39. The van der Waals surface area contributed by atoms with Gasteiger partial charge in [0.25, 0.3) is 5.91 Å². The summed E-state index contributed by atoms with van der Waals surface area (Å²) in [7, 11) is 0. The summed E-state index contributed by atoms with van der Waals surface area (Å²) >= 11 is 0. The van der Waals surface area contributed by atoms with Crippen LogP contribution in [-0.2, 0) is 11.0 Å². The zero-order chi connectivity index (χ0) is 18.7. The highest BCUT2D eigenvalue weighted by atomic mass is 19.4. The molecular formula is C19H17F3N2O2. The molecule has 136 valence electrons. The minimum absolute atomic E-state index is 0.205. The zero-order valence-corrected chi connectivity index (χ0v) is 13.8. The second-order valence-corrected chi connectivity index (χ2v) is 6.12. The molecule has 2 amide bonds. The van der Waals surface area contributed by atoms with Crippen molar-refractivity contribution >= 4 is 11.8 Å². The number of piperidine rings is 1. The number of carbonyl (C=O) groups excluding carboxylic acids is 2. The third-order valence-electron chi connectivity index (χ3n) is 4.26. The van der Waals surface area contributed by atoms with Gasteiger partial charge in [0.15, 0.2) is 0 Å². The van der Waals surface area contributed by atoms with Crippen molar-refractivity contribution in [1.82, 2.24) is 10.6 Å². The summed E-state index contributed by atoms with van der Waals surface area (Å²) in [4.78, 5) is 24.1. The lowest BCUT2D eigenvalue weighted by molar-refractivity contribution is -0.137. The lowest BCUT2D eigenvalue weighted by atomic mass is 10.0. The Morgan fingerprint density at radius 1 is 1.08 bits per heavy atom. The van der Waals surface area contributed by atoms with Crippen molar-refractivity contribution in [3.63, 3.8) is 0 Å². The molecule has 4 nitrogen and oxygen atoms in total. The van der Waals surface area contributed by atoms with Gasteiger partial charge in [0.05, 0.1) is 5.56 Å². The molecule has 1 atom stereocenters. The van der Waals surface area contributed by atoms with Gasteiger partial charge in [-0.1, -0.05) is 24.3 Å². The van der Waals surface area contributed by atoms with Gasteiger partial charge in [-0.15, -0.1) is 0 Å². The highest BCUT2D eigenvalue weighted by molar-refractivity contribution is 5.98. The number of benzene rings is 2. The largest absolute Gasteiger partial charge is 0.416 e. The summed E-state index contributed by atoms with van der Waals surface area (Å²) in [6.45, 7) is 0.606. The molecule has 1 aliphatic rings. The standard InChI is InChI=1S/C19H17F3N2O2/c20-19(21,22)15-8-6-12(7-9-15)13-3-1-4-14(11-13)17(25)24-16-5-2-10-23-18(16)26/h1,3-4,6-9,11,16H,2,5,10H2,(H,23,26)(H,24,25)/t16-/m1/s1. The maximum absolute atomic E-state index is 12.7. The Morgan fingerprint density at radius 2 is 1.81 bits per heavy atom. The van der Waals surface area contributed by atoms with Gasteiger partial charge in [-0.05, 0) is 48.2 Å². The van der Waals surface area contributed by atoms with Crippen molar-refractivity contribution in [3.8, 4) is 11.1 Å². The molecule has 1 fully saturated rings. The van der Waals surface area contributed by atoms with Gasteiger partial charge in [0, 0.05) is 12.1 Å². The van der Waals surface area contributed by atoms with Crippen LogP contribution in [0.3, 0.4) is 0 Å². The van der Waals surface area contributed by atoms with Crippen LogP contribution in [-0.4, -0.2) is 24.4 Å². The van der Waals surface area contributed by atoms with E-state index in [9.17, 15) is 22.8 Å². The fourth-order valence-corrected chi connectivity index (χ4v) is 2.84. The van der Waals surface area contributed by atoms with Crippen LogP contribution >= 0.6 is 0 Å². The number of amides is 2. The first-order chi connectivity index (χ1) is 12.3. The number of alkyl halides is 3. The molecule has 1 aliphatic heterocycles. The first kappa shape index (κ1) is 18.0. The lowest BCUT2D eigenvalue weighted by Gasteiger charge is -2.22. The van der Waals surface area contributed by atoms with E-state index in [1.807, 2.05) is 0 Å². The molecule has 0 bridgehead atoms. The predicted molar refractivity (Wildman–Crippen MR) is 90.4 cm³/mol. The van der Waals surface area contributed by atoms with Crippen LogP contribution in [0.25, 0.3) is 11.1 Å². The molecule has 0 aromatic heterocycles. The van der Waals surface area contributed by atoms with E-state index in [1.165, 1.54) is 12.1 Å². The molecule has 2 N–H and O–H groups in total. The molecule has 1 heterocycles. The molecule has 26 heavy (non-hydrogen) atoms. The van der Waals surface area contributed by atoms with Crippen LogP contribution in [0.4, 0.5) is 13.2 Å². The Bertz CT molecular complexity index is 816. The summed E-state index contributed by atoms with van der Waals surface area (Å²) in [6.07, 6.45) is -3.01. The van der Waals surface area contributed by atoms with Gasteiger partial charge in [0.1, 0.15) is 6.04 Å². The van der Waals surface area contributed by atoms with E-state index < -0.39 is 17.8 Å². The number of rotatable bonds is 3. The summed E-state index contributed by atoms with van der Waals surface area (Å²) < 4.78 is 38.0. The summed E-state index contributed by atoms with van der Waals surface area (Å²) in [5.74, 6) is -0.593. The van der Waals surface area contributed by atoms with Crippen molar-refractivity contribution in [2.24, 2.45) is 0 Å². The molecule has 0 radical (unpaired) electrons. The topological polar surface area (TPSA) is 58.2 Å². The number of carbonyl (C=O) groups is 2. The van der Waals surface area contributed by atoms with Crippen molar-refractivity contribution in [3.05, 3.63) is 59.7 Å². The third-order valence-corrected chi connectivity index (χ3v) is 4.26. The van der Waals surface area contributed by atoms with E-state index in [2.05, 4.69) is 10.6 Å². The average molecular weight is 362 g/mol. The van der Waals surface area contributed by atoms with E-state index in [4.69, 9.17) is 0 Å². The molecule has 0 spiro atoms. The maximum Gasteiger partial charge on any atom is 0.416 e. The Balaban J connectivity index is 1.77. The van der Waals surface area contributed by atoms with E-state index in [-0.39, 0.29) is 11.8 Å². The van der Waals surface area contributed by atoms with Gasteiger partial charge >= 0.3 is 6.18 Å². The quantitative estimate of drug-likeness (QED) is 0.880. The predicted octanol–water partition coefficient (Wildman–Crippen LogP) is 3.38. The number of nitrogens with one attached hydrogen (secondary N) is 2. The summed E-state index contributed by atoms with van der Waals surface area (Å²) in [5.41, 5.74) is 0.821. The van der Waals surface area contributed by atoms with Crippen LogP contribution in [0, 0.1) is 0 Å². The second-order valence-electron chi connectivity index (χ2n) is 6.12. The molecule has 7 heteroatoms. The van der Waals surface area contributed by atoms with Crippen molar-refractivity contribution in [2.45, 2.75) is 25.1 Å². The molecule has 2 aromatic rings. The minimum Gasteiger partial charge on any atom is -0.354 e. The Morgan fingerprint density at radius 3 is 2.46 bits per heavy atom. The SMILES string of the molecule is O=C(N[C@@H]1CCCNC1=O)c1cccc(-c2ccc(C(F)(F)F)cc2)c1. The number of hydrogen-bond acceptors (Lipinski definition) is 2. The van der Waals surface area contributed by atoms with Gasteiger partial charge in [-0.2, -0.15) is 13.2 Å². The number of halogens is 3. The molecule has 0 saturated carbocycles. The van der Waals surface area contributed by atoms with Crippen molar-refractivity contribution < 1.29 is 22.8 Å². The fraction of sp³-hybridized carbons (Fsp3) is 0.263. The van der Waals surface area contributed by atoms with E-state index in [0.29, 0.717) is 29.7 Å². The van der Waals surface area contributed by atoms with E-state index in [0.717, 1.165) is 18.6 Å². The Labute approximate surface area is 148 Å². The third kappa shape index (κ3) is 4.04. The van der Waals surface area contributed by atoms with Crippen LogP contribution in [0.1, 0.15) is 28.8 Å². The molecule has 0 unspecified atom stereocenters. The highest BCUT2D eigenvalue weighted by Gasteiger charge is 2.30. The zero-order valence-electron chi connectivity index (χ0n) is 13.8. The van der Waals surface area contributed by atoms with Crippen molar-refractivity contribution in [2.75, 3.05) is 6.54 Å². The Kier molecular flexibility index (Phi) is 4.97. The lowest BCUT2D eigenvalue weighted by Crippen LogP contribution is -2.50. The molecular weight excluding hydrogens is 345 g/mol. The highest BCUT2D eigenvalue weighted by Crippen LogP contribution is 2.31. The van der Waals surface area contributed by atoms with Crippen LogP contribution in [0.2, 0.25) is 0 Å². The van der Waals surface area contributed by atoms with Gasteiger partial charge in [0.2, 0.25) is 5.91 Å². The van der Waals surface area contributed by atoms with Crippen molar-refractivity contribution in [1.29, 1.82) is 0 Å². The Hall–Kier alpha value is -2.83. The second kappa shape index (κ2) is 7.19. The van der Waals surface area contributed by atoms with Gasteiger partial charge < -0.3 is 10.6 Å². The first-order valence-electron chi connectivity index (χ1n) is 8.21. The van der Waals surface area contributed by atoms with Crippen LogP contribution < -0.4 is 10.6 Å².